The Morgan fingerprint density at radius 2 is 1.83 bits per heavy atom. The first kappa shape index (κ1) is 19.5. The molecule has 2 aromatic rings. The summed E-state index contributed by atoms with van der Waals surface area (Å²) in [5.41, 5.74) is 1.34. The van der Waals surface area contributed by atoms with E-state index < -0.39 is 15.9 Å². The van der Waals surface area contributed by atoms with Crippen molar-refractivity contribution in [2.45, 2.75) is 16.9 Å². The molecule has 24 heavy (non-hydrogen) atoms. The fraction of sp³-hybridized carbons (Fsp3) is 0.188. The average molecular weight is 428 g/mol. The molecule has 0 aromatic heterocycles. The summed E-state index contributed by atoms with van der Waals surface area (Å²) >= 11 is 29.6. The van der Waals surface area contributed by atoms with Crippen molar-refractivity contribution in [1.82, 2.24) is 5.32 Å². The summed E-state index contributed by atoms with van der Waals surface area (Å²) in [4.78, 5) is 12.4. The molecule has 2 rings (SSSR count). The quantitative estimate of drug-likeness (QED) is 0.494. The van der Waals surface area contributed by atoms with Crippen LogP contribution >= 0.6 is 58.0 Å². The number of carbonyl (C=O) groups is 1. The number of rotatable bonds is 4. The van der Waals surface area contributed by atoms with Gasteiger partial charge < -0.3 is 10.1 Å². The zero-order chi connectivity index (χ0) is 17.9. The molecule has 0 aliphatic carbocycles. The number of nitrogens with one attached hydrogen (secondary N) is 1. The monoisotopic (exact) mass is 425 g/mol. The van der Waals surface area contributed by atoms with E-state index in [-0.39, 0.29) is 10.8 Å². The van der Waals surface area contributed by atoms with E-state index >= 15 is 0 Å². The van der Waals surface area contributed by atoms with Gasteiger partial charge in [0, 0.05) is 10.6 Å². The van der Waals surface area contributed by atoms with Crippen LogP contribution in [0.4, 0.5) is 0 Å². The number of aryl methyl sites for hydroxylation is 1. The highest BCUT2D eigenvalue weighted by atomic mass is 35.6. The van der Waals surface area contributed by atoms with Crippen molar-refractivity contribution < 1.29 is 9.53 Å². The summed E-state index contributed by atoms with van der Waals surface area (Å²) in [5, 5.41) is 3.20. The van der Waals surface area contributed by atoms with Gasteiger partial charge in [-0.1, -0.05) is 75.7 Å². The second-order valence-corrected chi connectivity index (χ2v) is 8.17. The van der Waals surface area contributed by atoms with Gasteiger partial charge in [-0.05, 0) is 37.3 Å². The zero-order valence-corrected chi connectivity index (χ0v) is 16.1. The molecule has 0 heterocycles. The Kier molecular flexibility index (Phi) is 6.52. The number of halogens is 5. The maximum atomic E-state index is 12.4. The first-order chi connectivity index (χ1) is 11.2. The van der Waals surface area contributed by atoms with Crippen LogP contribution in [0.5, 0.6) is 5.75 Å². The fourth-order valence-corrected chi connectivity index (χ4v) is 2.61. The van der Waals surface area contributed by atoms with Gasteiger partial charge in [0.1, 0.15) is 5.75 Å². The SMILES string of the molecule is Cc1cccc(C(=O)N[C@H](Oc2ccc(Cl)cc2Cl)C(Cl)(Cl)Cl)c1. The van der Waals surface area contributed by atoms with Crippen molar-refractivity contribution in [3.05, 3.63) is 63.6 Å². The number of carbonyl (C=O) groups excluding carboxylic acids is 1. The van der Waals surface area contributed by atoms with Gasteiger partial charge in [0.15, 0.2) is 0 Å². The number of hydrogen-bond acceptors (Lipinski definition) is 2. The third-order valence-electron chi connectivity index (χ3n) is 2.98. The Morgan fingerprint density at radius 1 is 1.12 bits per heavy atom. The number of hydrogen-bond donors (Lipinski definition) is 1. The van der Waals surface area contributed by atoms with E-state index in [0.717, 1.165) is 5.56 Å². The van der Waals surface area contributed by atoms with E-state index in [2.05, 4.69) is 5.32 Å². The maximum Gasteiger partial charge on any atom is 0.254 e. The minimum absolute atomic E-state index is 0.224. The Hall–Kier alpha value is -0.840. The van der Waals surface area contributed by atoms with Gasteiger partial charge in [0.2, 0.25) is 10.0 Å². The van der Waals surface area contributed by atoms with Crippen LogP contribution in [-0.4, -0.2) is 15.9 Å². The first-order valence-electron chi connectivity index (χ1n) is 6.73. The lowest BCUT2D eigenvalue weighted by atomic mass is 10.1. The lowest BCUT2D eigenvalue weighted by Gasteiger charge is -2.26. The minimum atomic E-state index is -1.91. The molecule has 0 saturated heterocycles. The van der Waals surface area contributed by atoms with E-state index in [1.54, 1.807) is 24.3 Å². The summed E-state index contributed by atoms with van der Waals surface area (Å²) in [7, 11) is 0. The molecule has 1 N–H and O–H groups in total. The third-order valence-corrected chi connectivity index (χ3v) is 4.10. The lowest BCUT2D eigenvalue weighted by Crippen LogP contribution is -2.47. The maximum absolute atomic E-state index is 12.4. The van der Waals surface area contributed by atoms with Gasteiger partial charge in [0.05, 0.1) is 5.02 Å². The Morgan fingerprint density at radius 3 is 2.42 bits per heavy atom. The number of amides is 1. The lowest BCUT2D eigenvalue weighted by molar-refractivity contribution is 0.0833. The second-order valence-electron chi connectivity index (χ2n) is 4.96. The predicted octanol–water partition coefficient (Wildman–Crippen LogP) is 5.81. The highest BCUT2D eigenvalue weighted by Crippen LogP contribution is 2.35. The van der Waals surface area contributed by atoms with Crippen molar-refractivity contribution in [3.8, 4) is 5.75 Å². The van der Waals surface area contributed by atoms with Crippen molar-refractivity contribution in [3.63, 3.8) is 0 Å². The van der Waals surface area contributed by atoms with Crippen LogP contribution in [-0.2, 0) is 0 Å². The number of benzene rings is 2. The highest BCUT2D eigenvalue weighted by molar-refractivity contribution is 6.68. The molecule has 0 bridgehead atoms. The second kappa shape index (κ2) is 8.03. The Labute approximate surface area is 164 Å². The first-order valence-corrected chi connectivity index (χ1v) is 8.62. The van der Waals surface area contributed by atoms with Crippen LogP contribution in [0, 0.1) is 6.92 Å². The Bertz CT molecular complexity index is 745. The van der Waals surface area contributed by atoms with Crippen LogP contribution in [0.15, 0.2) is 42.5 Å². The Balaban J connectivity index is 2.21. The largest absolute Gasteiger partial charge is 0.464 e. The van der Waals surface area contributed by atoms with Crippen molar-refractivity contribution in [2.75, 3.05) is 0 Å². The van der Waals surface area contributed by atoms with E-state index in [9.17, 15) is 4.79 Å². The molecule has 128 valence electrons. The van der Waals surface area contributed by atoms with Gasteiger partial charge in [-0.25, -0.2) is 0 Å². The van der Waals surface area contributed by atoms with Gasteiger partial charge in [-0.2, -0.15) is 0 Å². The summed E-state index contributed by atoms with van der Waals surface area (Å²) < 4.78 is 3.65. The molecule has 0 unspecified atom stereocenters. The summed E-state index contributed by atoms with van der Waals surface area (Å²) in [6.45, 7) is 1.87. The molecule has 0 aliphatic rings. The fourth-order valence-electron chi connectivity index (χ4n) is 1.86. The minimum Gasteiger partial charge on any atom is -0.464 e. The molecule has 0 fully saturated rings. The van der Waals surface area contributed by atoms with Crippen molar-refractivity contribution in [1.29, 1.82) is 0 Å². The molecule has 3 nitrogen and oxygen atoms in total. The molecule has 0 aliphatic heterocycles. The van der Waals surface area contributed by atoms with Crippen LogP contribution in [0.1, 0.15) is 15.9 Å². The van der Waals surface area contributed by atoms with E-state index in [4.69, 9.17) is 62.7 Å². The molecule has 1 amide bonds. The van der Waals surface area contributed by atoms with Crippen LogP contribution in [0.2, 0.25) is 10.0 Å². The standard InChI is InChI=1S/C16H12Cl5NO2/c1-9-3-2-4-10(7-9)14(23)22-15(16(19,20)21)24-13-6-5-11(17)8-12(13)18/h2-8,15H,1H3,(H,22,23)/t15-/m1/s1. The van der Waals surface area contributed by atoms with Gasteiger partial charge in [-0.3, -0.25) is 4.79 Å². The van der Waals surface area contributed by atoms with E-state index in [0.29, 0.717) is 10.6 Å². The van der Waals surface area contributed by atoms with Gasteiger partial charge in [-0.15, -0.1) is 0 Å². The molecular formula is C16H12Cl5NO2. The van der Waals surface area contributed by atoms with Gasteiger partial charge >= 0.3 is 0 Å². The summed E-state index contributed by atoms with van der Waals surface area (Å²) in [5.74, 6) is -0.220. The smallest absolute Gasteiger partial charge is 0.254 e. The predicted molar refractivity (Wildman–Crippen MR) is 99.8 cm³/mol. The summed E-state index contributed by atoms with van der Waals surface area (Å²) in [6, 6.07) is 11.6. The highest BCUT2D eigenvalue weighted by Gasteiger charge is 2.36. The molecule has 0 spiro atoms. The number of ether oxygens (including phenoxy) is 1. The van der Waals surface area contributed by atoms with E-state index in [1.807, 2.05) is 13.0 Å². The number of alkyl halides is 3. The molecule has 0 saturated carbocycles. The van der Waals surface area contributed by atoms with Crippen molar-refractivity contribution in [2.24, 2.45) is 0 Å². The molecule has 1 atom stereocenters. The normalized spacial score (nSPS) is 12.6. The molecule has 8 heteroatoms. The van der Waals surface area contributed by atoms with Crippen LogP contribution in [0.3, 0.4) is 0 Å². The van der Waals surface area contributed by atoms with E-state index in [1.165, 1.54) is 12.1 Å². The van der Waals surface area contributed by atoms with Crippen LogP contribution < -0.4 is 10.1 Å². The van der Waals surface area contributed by atoms with Crippen molar-refractivity contribution >= 4 is 63.9 Å². The summed E-state index contributed by atoms with van der Waals surface area (Å²) in [6.07, 6.45) is -1.26. The molecule has 2 aromatic carbocycles. The average Bonchev–Trinajstić information content (AvgIpc) is 2.48. The molecule has 0 radical (unpaired) electrons. The third kappa shape index (κ3) is 5.33. The molecular weight excluding hydrogens is 415 g/mol. The zero-order valence-electron chi connectivity index (χ0n) is 12.3. The van der Waals surface area contributed by atoms with Gasteiger partial charge in [0.25, 0.3) is 5.91 Å². The van der Waals surface area contributed by atoms with Crippen LogP contribution in [0.25, 0.3) is 0 Å². The topological polar surface area (TPSA) is 38.3 Å².